The number of amides is 6. The first-order chi connectivity index (χ1) is 38.6. The van der Waals surface area contributed by atoms with E-state index in [-0.39, 0.29) is 69.4 Å². The van der Waals surface area contributed by atoms with E-state index in [9.17, 15) is 28.8 Å². The van der Waals surface area contributed by atoms with Gasteiger partial charge in [0.1, 0.15) is 0 Å². The lowest BCUT2D eigenvalue weighted by Crippen LogP contribution is -2.49. The predicted molar refractivity (Wildman–Crippen MR) is 324 cm³/mol. The quantitative estimate of drug-likeness (QED) is 0.141. The maximum atomic E-state index is 12.3. The summed E-state index contributed by atoms with van der Waals surface area (Å²) in [6, 6.07) is 0. The maximum absolute atomic E-state index is 12.3. The van der Waals surface area contributed by atoms with Gasteiger partial charge in [0, 0.05) is 45.1 Å². The third-order valence-corrected chi connectivity index (χ3v) is 18.5. The lowest BCUT2D eigenvalue weighted by Gasteiger charge is -2.43. The minimum atomic E-state index is -2.47. The van der Waals surface area contributed by atoms with E-state index >= 15 is 0 Å². The number of nitrogens with one attached hydrogen (secondary N) is 6. The van der Waals surface area contributed by atoms with E-state index in [0.29, 0.717) is 40.9 Å². The number of hydrogen-bond acceptors (Lipinski definition) is 6. The number of allylic oxidation sites excluding steroid dienone is 6. The molecule has 0 aromatic heterocycles. The fourth-order valence-corrected chi connectivity index (χ4v) is 8.24. The van der Waals surface area contributed by atoms with E-state index in [1.807, 2.05) is 111 Å². The highest BCUT2D eigenvalue weighted by Crippen LogP contribution is 2.49. The molecule has 12 nitrogen and oxygen atoms in total. The Morgan fingerprint density at radius 3 is 1.01 bits per heavy atom. The summed E-state index contributed by atoms with van der Waals surface area (Å²) in [5.41, 5.74) is -3.50. The molecular formula is C66H114N6O6. The van der Waals surface area contributed by atoms with Crippen LogP contribution >= 0.6 is 0 Å². The average molecular weight is 1100 g/mol. The van der Waals surface area contributed by atoms with Crippen LogP contribution in [0.4, 0.5) is 0 Å². The Labute approximate surface area is 490 Å². The minimum absolute atomic E-state index is 0.00139. The van der Waals surface area contributed by atoms with Crippen LogP contribution < -0.4 is 31.9 Å². The molecule has 0 radical (unpaired) electrons. The first-order valence-electron chi connectivity index (χ1n) is 32.5. The van der Waals surface area contributed by atoms with Crippen molar-refractivity contribution < 1.29 is 42.6 Å². The molecule has 6 amide bonds. The summed E-state index contributed by atoms with van der Waals surface area (Å²) in [6.45, 7) is 68.0. The van der Waals surface area contributed by atoms with Gasteiger partial charge in [0.15, 0.2) is 2.82 Å². The zero-order valence-electron chi connectivity index (χ0n) is 63.2. The number of piperidine rings is 6. The second-order valence-electron chi connectivity index (χ2n) is 29.4. The van der Waals surface area contributed by atoms with Crippen LogP contribution in [0.25, 0.3) is 0 Å². The van der Waals surface area contributed by atoms with Crippen molar-refractivity contribution in [1.82, 2.24) is 31.9 Å². The molecule has 78 heavy (non-hydrogen) atoms. The number of carbonyl (C=O) groups is 6. The van der Waals surface area contributed by atoms with Crippen LogP contribution in [0.1, 0.15) is 254 Å². The number of carbonyl (C=O) groups excluding carboxylic acids is 6. The fraction of sp³-hybridized carbons (Fsp3) is 0.727. The summed E-state index contributed by atoms with van der Waals surface area (Å²) in [7, 11) is 0. The predicted octanol–water partition coefficient (Wildman–Crippen LogP) is 14.8. The molecule has 0 bridgehead atoms. The Kier molecular flexibility index (Phi) is 17.7. The summed E-state index contributed by atoms with van der Waals surface area (Å²) in [5.74, 6) is -1.10. The van der Waals surface area contributed by atoms with Crippen LogP contribution in [-0.2, 0) is 28.8 Å². The normalized spacial score (nSPS) is 36.1. The van der Waals surface area contributed by atoms with Crippen LogP contribution in [0.2, 0.25) is 2.82 Å². The molecule has 0 aromatic carbocycles. The lowest BCUT2D eigenvalue weighted by molar-refractivity contribution is -0.138. The van der Waals surface area contributed by atoms with Gasteiger partial charge in [-0.25, -0.2) is 0 Å². The molecule has 8 atom stereocenters. The molecule has 6 saturated heterocycles. The van der Waals surface area contributed by atoms with Crippen molar-refractivity contribution >= 4 is 35.4 Å². The second kappa shape index (κ2) is 25.0. The van der Waals surface area contributed by atoms with Crippen molar-refractivity contribution in [3.63, 3.8) is 0 Å². The van der Waals surface area contributed by atoms with E-state index < -0.39 is 75.0 Å². The van der Waals surface area contributed by atoms with E-state index in [1.54, 1.807) is 27.7 Å². The fourth-order valence-electron chi connectivity index (χ4n) is 8.24. The van der Waals surface area contributed by atoms with Gasteiger partial charge >= 0.3 is 0 Å². The summed E-state index contributed by atoms with van der Waals surface area (Å²) in [4.78, 5) is 71.8. The highest BCUT2D eigenvalue weighted by atomic mass is 16.2. The molecule has 6 fully saturated rings. The van der Waals surface area contributed by atoms with Crippen LogP contribution in [0.5, 0.6) is 0 Å². The third-order valence-electron chi connectivity index (χ3n) is 18.5. The molecule has 0 aliphatic carbocycles. The highest BCUT2D eigenvalue weighted by Gasteiger charge is 2.50. The summed E-state index contributed by atoms with van der Waals surface area (Å²) in [6.07, 6.45) is -2.60. The molecule has 0 aromatic rings. The molecule has 6 aliphatic heterocycles. The van der Waals surface area contributed by atoms with Crippen LogP contribution in [0.3, 0.4) is 0 Å². The zero-order chi connectivity index (χ0) is 70.5. The zero-order valence-corrected chi connectivity index (χ0v) is 53.2. The van der Waals surface area contributed by atoms with Gasteiger partial charge in [0.25, 0.3) is 0 Å². The average Bonchev–Trinajstić information content (AvgIpc) is 0.804. The second-order valence-corrected chi connectivity index (χ2v) is 29.4. The van der Waals surface area contributed by atoms with Crippen LogP contribution in [0.15, 0.2) is 73.7 Å². The van der Waals surface area contributed by atoms with Crippen molar-refractivity contribution in [2.75, 3.05) is 0 Å². The number of rotatable bonds is 0. The van der Waals surface area contributed by atoms with Crippen molar-refractivity contribution in [2.45, 2.75) is 243 Å². The standard InChI is InChI=1S/6C11H19NO/c6*1-8-6-7-11(5,9(13)12-8)10(2,3)4/h6*1,6-7H2,2-5H3,(H,12,13)/i6D2,7D2;7D2;7D;6D;;/hD2. The van der Waals surface area contributed by atoms with Crippen molar-refractivity contribution in [3.8, 4) is 0 Å². The van der Waals surface area contributed by atoms with Gasteiger partial charge in [-0.15, -0.1) is 0 Å². The van der Waals surface area contributed by atoms with Crippen molar-refractivity contribution in [3.05, 3.63) is 73.7 Å². The molecule has 6 aliphatic rings. The van der Waals surface area contributed by atoms with Gasteiger partial charge in [0.05, 0.1) is 32.5 Å². The topological polar surface area (TPSA) is 175 Å². The van der Waals surface area contributed by atoms with Crippen molar-refractivity contribution in [1.29, 1.82) is 0 Å². The van der Waals surface area contributed by atoms with Gasteiger partial charge in [-0.2, -0.15) is 0 Å². The molecule has 6 heterocycles. The summed E-state index contributed by atoms with van der Waals surface area (Å²) < 4.78 is 79.0. The minimum Gasteiger partial charge on any atom is -0.330 e. The van der Waals surface area contributed by atoms with Gasteiger partial charge in [-0.3, -0.25) is 28.8 Å². The van der Waals surface area contributed by atoms with Gasteiger partial charge in [-0.05, 0) is 109 Å². The van der Waals surface area contributed by atoms with Gasteiger partial charge < -0.3 is 31.9 Å². The Morgan fingerprint density at radius 2 is 0.628 bits per heavy atom. The Bertz CT molecular complexity index is 2760. The summed E-state index contributed by atoms with van der Waals surface area (Å²) >= 11 is 0. The molecule has 0 saturated carbocycles. The largest absolute Gasteiger partial charge is 0.330 e. The molecule has 8 unspecified atom stereocenters. The maximum Gasteiger partial charge on any atom is 0.230 e. The van der Waals surface area contributed by atoms with E-state index in [2.05, 4.69) is 81.5 Å². The van der Waals surface area contributed by atoms with E-state index in [4.69, 9.17) is 13.8 Å². The molecule has 6 N–H and O–H groups in total. The third kappa shape index (κ3) is 16.7. The highest BCUT2D eigenvalue weighted by molar-refractivity contribution is 5.88. The van der Waals surface area contributed by atoms with Crippen LogP contribution in [0, 0.1) is 65.0 Å². The molecular weight excluding hydrogens is 973 g/mol. The summed E-state index contributed by atoms with van der Waals surface area (Å²) in [5, 5.41) is 12.3. The monoisotopic (exact) mass is 1100 g/mol. The molecule has 444 valence electrons. The first kappa shape index (κ1) is 55.2. The van der Waals surface area contributed by atoms with Gasteiger partial charge in [-0.1, -0.05) is 206 Å². The van der Waals surface area contributed by atoms with E-state index in [0.717, 1.165) is 36.7 Å². The Balaban J connectivity index is 0.000000530. The van der Waals surface area contributed by atoms with E-state index in [1.165, 1.54) is 6.92 Å². The lowest BCUT2D eigenvalue weighted by atomic mass is 9.63. The first-order valence-corrected chi connectivity index (χ1v) is 27.5. The van der Waals surface area contributed by atoms with Crippen molar-refractivity contribution in [2.24, 2.45) is 65.0 Å². The molecule has 12 heteroatoms. The van der Waals surface area contributed by atoms with Crippen LogP contribution in [-0.4, -0.2) is 35.4 Å². The smallest absolute Gasteiger partial charge is 0.230 e. The SMILES string of the molecule is C=C1CCC(C)(C(C)(C)C)C(=O)N1.[2H]C1([2H])CC(=C)NC(=O)C1(C)C(C)(C)C.[2H]C1CC(=C)NC(=O)C1(C)C(C)(C)C.[2H]C1CC(C)(C(C)(C)C)C(=O)NC1=C.[2H]N1C(=C)C([2H])([2H])C([2H])([2H])C(C)(C(C)(C)C)C1=O.[2H]N1C(=C)CCC(C)(C(C)(C)C)C1=O. The molecule has 6 rings (SSSR count). The molecule has 0 spiro atoms. The number of hydrogen-bond donors (Lipinski definition) is 6. The van der Waals surface area contributed by atoms with Gasteiger partial charge in [0.2, 0.25) is 35.4 Å². The Morgan fingerprint density at radius 1 is 0.346 bits per heavy atom. The Hall–Kier alpha value is -4.74.